The average molecular weight is 314 g/mol. The Balaban J connectivity index is 1.49. The molecule has 1 spiro atoms. The lowest BCUT2D eigenvalue weighted by molar-refractivity contribution is 0.0806. The van der Waals surface area contributed by atoms with E-state index >= 15 is 0 Å². The number of piperidine rings is 1. The molecular weight excluding hydrogens is 288 g/mol. The van der Waals surface area contributed by atoms with Gasteiger partial charge in [0.25, 0.3) is 0 Å². The van der Waals surface area contributed by atoms with Gasteiger partial charge in [0.05, 0.1) is 11.5 Å². The minimum absolute atomic E-state index is 0.0669. The molecule has 120 valence electrons. The van der Waals surface area contributed by atoms with E-state index < -0.39 is 9.84 Å². The maximum atomic E-state index is 12.3. The third-order valence-electron chi connectivity index (χ3n) is 5.59. The van der Waals surface area contributed by atoms with Crippen molar-refractivity contribution in [3.05, 3.63) is 0 Å². The number of urea groups is 1. The van der Waals surface area contributed by atoms with E-state index in [0.717, 1.165) is 25.9 Å². The standard InChI is InChI=1S/C15H26N2O3S/c18-14(16-13-4-11-21(19,20)12-13)17-9-7-15(8-10-17)5-2-1-3-6-15/h13H,1-12H2,(H,16,18)/t13-/m0/s1. The van der Waals surface area contributed by atoms with E-state index in [9.17, 15) is 13.2 Å². The number of nitrogens with one attached hydrogen (secondary N) is 1. The third-order valence-corrected chi connectivity index (χ3v) is 7.35. The van der Waals surface area contributed by atoms with Crippen molar-refractivity contribution < 1.29 is 13.2 Å². The quantitative estimate of drug-likeness (QED) is 0.804. The first-order valence-corrected chi connectivity index (χ1v) is 10.1. The Morgan fingerprint density at radius 1 is 1.05 bits per heavy atom. The van der Waals surface area contributed by atoms with Gasteiger partial charge >= 0.3 is 6.03 Å². The van der Waals surface area contributed by atoms with E-state index in [0.29, 0.717) is 11.8 Å². The molecule has 1 saturated carbocycles. The summed E-state index contributed by atoms with van der Waals surface area (Å²) in [6, 6.07) is -0.254. The zero-order chi connectivity index (χ0) is 14.9. The summed E-state index contributed by atoms with van der Waals surface area (Å²) < 4.78 is 22.9. The molecule has 3 aliphatic rings. The van der Waals surface area contributed by atoms with E-state index in [2.05, 4.69) is 5.32 Å². The molecule has 2 amide bonds. The molecule has 2 saturated heterocycles. The molecule has 2 aliphatic heterocycles. The van der Waals surface area contributed by atoms with Crippen molar-refractivity contribution in [1.29, 1.82) is 0 Å². The molecule has 3 rings (SSSR count). The number of carbonyl (C=O) groups excluding carboxylic acids is 1. The van der Waals surface area contributed by atoms with Gasteiger partial charge in [-0.05, 0) is 37.5 Å². The third kappa shape index (κ3) is 3.52. The van der Waals surface area contributed by atoms with Gasteiger partial charge in [0.2, 0.25) is 0 Å². The molecule has 3 fully saturated rings. The minimum atomic E-state index is -2.93. The second-order valence-electron chi connectivity index (χ2n) is 7.10. The number of amides is 2. The SMILES string of the molecule is O=C(N[C@H]1CCS(=O)(=O)C1)N1CCC2(CCCCC2)CC1. The summed E-state index contributed by atoms with van der Waals surface area (Å²) in [6.07, 6.45) is 9.48. The summed E-state index contributed by atoms with van der Waals surface area (Å²) >= 11 is 0. The smallest absolute Gasteiger partial charge is 0.317 e. The molecule has 0 radical (unpaired) electrons. The largest absolute Gasteiger partial charge is 0.334 e. The van der Waals surface area contributed by atoms with Crippen LogP contribution in [0.5, 0.6) is 0 Å². The van der Waals surface area contributed by atoms with Gasteiger partial charge < -0.3 is 10.2 Å². The topological polar surface area (TPSA) is 66.5 Å². The summed E-state index contributed by atoms with van der Waals surface area (Å²) in [5.41, 5.74) is 0.492. The van der Waals surface area contributed by atoms with Gasteiger partial charge in [0, 0.05) is 19.1 Å². The molecule has 0 aromatic heterocycles. The lowest BCUT2D eigenvalue weighted by atomic mass is 9.68. The lowest BCUT2D eigenvalue weighted by Gasteiger charge is -2.44. The first-order valence-electron chi connectivity index (χ1n) is 8.24. The fourth-order valence-corrected chi connectivity index (χ4v) is 5.83. The highest BCUT2D eigenvalue weighted by molar-refractivity contribution is 7.91. The summed E-state index contributed by atoms with van der Waals surface area (Å²) in [7, 11) is -2.93. The van der Waals surface area contributed by atoms with E-state index in [1.54, 1.807) is 0 Å². The monoisotopic (exact) mass is 314 g/mol. The molecule has 0 unspecified atom stereocenters. The van der Waals surface area contributed by atoms with Crippen molar-refractivity contribution in [3.8, 4) is 0 Å². The second-order valence-corrected chi connectivity index (χ2v) is 9.33. The van der Waals surface area contributed by atoms with Crippen LogP contribution in [-0.4, -0.2) is 50.0 Å². The van der Waals surface area contributed by atoms with Crippen molar-refractivity contribution in [3.63, 3.8) is 0 Å². The number of carbonyl (C=O) groups is 1. The Hall–Kier alpha value is -0.780. The zero-order valence-corrected chi connectivity index (χ0v) is 13.5. The van der Waals surface area contributed by atoms with E-state index in [-0.39, 0.29) is 23.6 Å². The maximum absolute atomic E-state index is 12.3. The molecule has 0 bridgehead atoms. The van der Waals surface area contributed by atoms with Crippen molar-refractivity contribution in [1.82, 2.24) is 10.2 Å². The highest BCUT2D eigenvalue weighted by Gasteiger charge is 2.37. The normalized spacial score (nSPS) is 31.2. The van der Waals surface area contributed by atoms with Crippen LogP contribution in [-0.2, 0) is 9.84 Å². The predicted molar refractivity (Wildman–Crippen MR) is 81.9 cm³/mol. The van der Waals surface area contributed by atoms with Gasteiger partial charge in [0.1, 0.15) is 0 Å². The number of likely N-dealkylation sites (tertiary alicyclic amines) is 1. The van der Waals surface area contributed by atoms with Crippen molar-refractivity contribution in [2.75, 3.05) is 24.6 Å². The molecule has 2 heterocycles. The van der Waals surface area contributed by atoms with Crippen LogP contribution in [0.1, 0.15) is 51.4 Å². The number of rotatable bonds is 1. The second kappa shape index (κ2) is 5.78. The molecule has 0 aromatic rings. The molecule has 0 aromatic carbocycles. The van der Waals surface area contributed by atoms with E-state index in [1.807, 2.05) is 4.90 Å². The molecular formula is C15H26N2O3S. The number of nitrogens with zero attached hydrogens (tertiary/aromatic N) is 1. The number of hydrogen-bond donors (Lipinski definition) is 1. The molecule has 5 nitrogen and oxygen atoms in total. The van der Waals surface area contributed by atoms with Gasteiger partial charge in [-0.15, -0.1) is 0 Å². The Bertz CT molecular complexity index is 487. The van der Waals surface area contributed by atoms with Crippen molar-refractivity contribution >= 4 is 15.9 Å². The fraction of sp³-hybridized carbons (Fsp3) is 0.933. The first-order chi connectivity index (χ1) is 9.98. The zero-order valence-electron chi connectivity index (χ0n) is 12.6. The van der Waals surface area contributed by atoms with Gasteiger partial charge in [-0.1, -0.05) is 19.3 Å². The van der Waals surface area contributed by atoms with Gasteiger partial charge in [-0.3, -0.25) is 0 Å². The molecule has 1 atom stereocenters. The van der Waals surface area contributed by atoms with E-state index in [4.69, 9.17) is 0 Å². The first kappa shape index (κ1) is 15.1. The highest BCUT2D eigenvalue weighted by Crippen LogP contribution is 2.44. The van der Waals surface area contributed by atoms with Crippen LogP contribution in [0, 0.1) is 5.41 Å². The van der Waals surface area contributed by atoms with Crippen LogP contribution < -0.4 is 5.32 Å². The average Bonchev–Trinajstić information content (AvgIpc) is 2.79. The lowest BCUT2D eigenvalue weighted by Crippen LogP contribution is -2.50. The summed E-state index contributed by atoms with van der Waals surface area (Å²) in [5, 5.41) is 2.90. The van der Waals surface area contributed by atoms with Crippen LogP contribution in [0.3, 0.4) is 0 Å². The molecule has 21 heavy (non-hydrogen) atoms. The van der Waals surface area contributed by atoms with Gasteiger partial charge in [0.15, 0.2) is 9.84 Å². The fourth-order valence-electron chi connectivity index (χ4n) is 4.16. The minimum Gasteiger partial charge on any atom is -0.334 e. The molecule has 6 heteroatoms. The summed E-state index contributed by atoms with van der Waals surface area (Å²) in [5.74, 6) is 0.317. The summed E-state index contributed by atoms with van der Waals surface area (Å²) in [6.45, 7) is 1.65. The highest BCUT2D eigenvalue weighted by atomic mass is 32.2. The summed E-state index contributed by atoms with van der Waals surface area (Å²) in [4.78, 5) is 14.1. The molecule has 1 N–H and O–H groups in total. The Kier molecular flexibility index (Phi) is 4.17. The Morgan fingerprint density at radius 2 is 1.71 bits per heavy atom. The van der Waals surface area contributed by atoms with Crippen LogP contribution in [0.2, 0.25) is 0 Å². The van der Waals surface area contributed by atoms with Crippen molar-refractivity contribution in [2.24, 2.45) is 5.41 Å². The number of sulfone groups is 1. The van der Waals surface area contributed by atoms with Gasteiger partial charge in [-0.25, -0.2) is 13.2 Å². The Labute approximate surface area is 127 Å². The predicted octanol–water partition coefficient (Wildman–Crippen LogP) is 1.93. The van der Waals surface area contributed by atoms with Crippen molar-refractivity contribution in [2.45, 2.75) is 57.4 Å². The molecule has 1 aliphatic carbocycles. The van der Waals surface area contributed by atoms with Gasteiger partial charge in [-0.2, -0.15) is 0 Å². The van der Waals surface area contributed by atoms with Crippen LogP contribution >= 0.6 is 0 Å². The van der Waals surface area contributed by atoms with E-state index in [1.165, 1.54) is 32.1 Å². The number of hydrogen-bond acceptors (Lipinski definition) is 3. The van der Waals surface area contributed by atoms with Crippen LogP contribution in [0.25, 0.3) is 0 Å². The Morgan fingerprint density at radius 3 is 2.29 bits per heavy atom. The van der Waals surface area contributed by atoms with Crippen LogP contribution in [0.4, 0.5) is 4.79 Å². The maximum Gasteiger partial charge on any atom is 0.317 e. The van der Waals surface area contributed by atoms with Crippen LogP contribution in [0.15, 0.2) is 0 Å².